The highest BCUT2D eigenvalue weighted by Gasteiger charge is 2.20. The molecule has 0 heterocycles. The molecule has 0 rings (SSSR count). The van der Waals surface area contributed by atoms with Crippen molar-refractivity contribution in [3.63, 3.8) is 0 Å². The molecule has 5 nitrogen and oxygen atoms in total. The molecule has 0 spiro atoms. The summed E-state index contributed by atoms with van der Waals surface area (Å²) >= 11 is 0. The van der Waals surface area contributed by atoms with Crippen molar-refractivity contribution in [1.29, 1.82) is 0 Å². The standard InChI is InChI=1S/C32H63NO4/c1-3-5-7-9-11-13-14-15-16-18-20-22-24-26-31(36)30(28-34)33-32(37)27-29(35)25-23-21-19-17-12-10-8-6-4-2/h24,26,29-31,34-36H,3-23,25,27-28H2,1-2H3,(H,33,37)/b26-24+. The zero-order valence-electron chi connectivity index (χ0n) is 24.6. The molecule has 3 atom stereocenters. The molecule has 0 aromatic rings. The molecule has 0 aromatic heterocycles. The SMILES string of the molecule is CCCCCCCCCCCCC/C=C/C(O)C(CO)NC(=O)CC(O)CCCCCCCCCCC. The van der Waals surface area contributed by atoms with Gasteiger partial charge in [0.2, 0.25) is 5.91 Å². The Morgan fingerprint density at radius 1 is 0.676 bits per heavy atom. The Morgan fingerprint density at radius 3 is 1.57 bits per heavy atom. The smallest absolute Gasteiger partial charge is 0.222 e. The van der Waals surface area contributed by atoms with E-state index in [1.807, 2.05) is 6.08 Å². The van der Waals surface area contributed by atoms with E-state index < -0.39 is 18.2 Å². The largest absolute Gasteiger partial charge is 0.394 e. The minimum Gasteiger partial charge on any atom is -0.394 e. The molecule has 0 radical (unpaired) electrons. The number of unbranched alkanes of at least 4 members (excludes halogenated alkanes) is 19. The molecule has 0 bridgehead atoms. The maximum Gasteiger partial charge on any atom is 0.222 e. The molecule has 3 unspecified atom stereocenters. The van der Waals surface area contributed by atoms with Gasteiger partial charge in [-0.2, -0.15) is 0 Å². The van der Waals surface area contributed by atoms with Gasteiger partial charge >= 0.3 is 0 Å². The molecular weight excluding hydrogens is 462 g/mol. The van der Waals surface area contributed by atoms with Gasteiger partial charge in [0.15, 0.2) is 0 Å². The van der Waals surface area contributed by atoms with Crippen molar-refractivity contribution in [3.05, 3.63) is 12.2 Å². The quantitative estimate of drug-likeness (QED) is 0.0621. The van der Waals surface area contributed by atoms with Crippen LogP contribution in [0, 0.1) is 0 Å². The Bertz CT molecular complexity index is 511. The summed E-state index contributed by atoms with van der Waals surface area (Å²) in [5, 5.41) is 32.8. The van der Waals surface area contributed by atoms with Gasteiger partial charge in [0.1, 0.15) is 0 Å². The van der Waals surface area contributed by atoms with Crippen molar-refractivity contribution >= 4 is 5.91 Å². The summed E-state index contributed by atoms with van der Waals surface area (Å²) in [6.07, 6.45) is 29.0. The summed E-state index contributed by atoms with van der Waals surface area (Å²) in [7, 11) is 0. The van der Waals surface area contributed by atoms with Crippen molar-refractivity contribution in [1.82, 2.24) is 5.32 Å². The van der Waals surface area contributed by atoms with Crippen LogP contribution >= 0.6 is 0 Å². The maximum atomic E-state index is 12.3. The van der Waals surface area contributed by atoms with E-state index in [1.54, 1.807) is 6.08 Å². The van der Waals surface area contributed by atoms with Gasteiger partial charge in [-0.05, 0) is 19.3 Å². The molecular formula is C32H63NO4. The number of carbonyl (C=O) groups is 1. The first-order chi connectivity index (χ1) is 18.0. The van der Waals surface area contributed by atoms with Gasteiger partial charge in [0, 0.05) is 0 Å². The van der Waals surface area contributed by atoms with Gasteiger partial charge in [-0.1, -0.05) is 148 Å². The van der Waals surface area contributed by atoms with E-state index in [2.05, 4.69) is 19.2 Å². The highest BCUT2D eigenvalue weighted by atomic mass is 16.3. The Balaban J connectivity index is 3.80. The Hall–Kier alpha value is -0.910. The summed E-state index contributed by atoms with van der Waals surface area (Å²) in [6.45, 7) is 4.16. The Morgan fingerprint density at radius 2 is 1.11 bits per heavy atom. The minimum absolute atomic E-state index is 0.0166. The second kappa shape index (κ2) is 28.1. The average molecular weight is 526 g/mol. The number of aliphatic hydroxyl groups excluding tert-OH is 3. The van der Waals surface area contributed by atoms with Gasteiger partial charge in [0.05, 0.1) is 31.3 Å². The van der Waals surface area contributed by atoms with Crippen LogP contribution in [0.1, 0.15) is 162 Å². The molecule has 220 valence electrons. The zero-order valence-corrected chi connectivity index (χ0v) is 24.6. The van der Waals surface area contributed by atoms with Gasteiger partial charge in [-0.3, -0.25) is 4.79 Å². The van der Waals surface area contributed by atoms with Crippen LogP contribution in [0.5, 0.6) is 0 Å². The third kappa shape index (κ3) is 25.1. The third-order valence-electron chi connectivity index (χ3n) is 7.32. The van der Waals surface area contributed by atoms with E-state index in [-0.39, 0.29) is 18.9 Å². The molecule has 37 heavy (non-hydrogen) atoms. The van der Waals surface area contributed by atoms with Gasteiger partial charge in [-0.15, -0.1) is 0 Å². The van der Waals surface area contributed by atoms with E-state index in [0.717, 1.165) is 25.7 Å². The predicted molar refractivity (Wildman–Crippen MR) is 158 cm³/mol. The van der Waals surface area contributed by atoms with Crippen LogP contribution in [0.25, 0.3) is 0 Å². The summed E-state index contributed by atoms with van der Waals surface area (Å²) in [4.78, 5) is 12.3. The number of allylic oxidation sites excluding steroid dienone is 1. The molecule has 0 aromatic carbocycles. The third-order valence-corrected chi connectivity index (χ3v) is 7.32. The lowest BCUT2D eigenvalue weighted by Crippen LogP contribution is -2.45. The molecule has 0 aliphatic heterocycles. The second-order valence-electron chi connectivity index (χ2n) is 11.1. The average Bonchev–Trinajstić information content (AvgIpc) is 2.88. The van der Waals surface area contributed by atoms with Crippen LogP contribution in [0.4, 0.5) is 0 Å². The summed E-state index contributed by atoms with van der Waals surface area (Å²) in [6, 6.07) is -0.735. The predicted octanol–water partition coefficient (Wildman–Crippen LogP) is 7.75. The number of amides is 1. The lowest BCUT2D eigenvalue weighted by Gasteiger charge is -2.21. The number of hydrogen-bond acceptors (Lipinski definition) is 4. The van der Waals surface area contributed by atoms with Crippen LogP contribution in [0.15, 0.2) is 12.2 Å². The first kappa shape index (κ1) is 36.1. The lowest BCUT2D eigenvalue weighted by molar-refractivity contribution is -0.124. The van der Waals surface area contributed by atoms with Gasteiger partial charge < -0.3 is 20.6 Å². The highest BCUT2D eigenvalue weighted by molar-refractivity contribution is 5.76. The van der Waals surface area contributed by atoms with E-state index in [9.17, 15) is 20.1 Å². The van der Waals surface area contributed by atoms with E-state index in [1.165, 1.54) is 109 Å². The van der Waals surface area contributed by atoms with Gasteiger partial charge in [0.25, 0.3) is 0 Å². The monoisotopic (exact) mass is 525 g/mol. The molecule has 0 saturated heterocycles. The normalized spacial score (nSPS) is 14.2. The van der Waals surface area contributed by atoms with Gasteiger partial charge in [-0.25, -0.2) is 0 Å². The highest BCUT2D eigenvalue weighted by Crippen LogP contribution is 2.14. The molecule has 0 saturated carbocycles. The van der Waals surface area contributed by atoms with Crippen LogP contribution in [-0.4, -0.2) is 46.1 Å². The van der Waals surface area contributed by atoms with Crippen molar-refractivity contribution in [3.8, 4) is 0 Å². The number of rotatable bonds is 28. The summed E-state index contributed by atoms with van der Waals surface area (Å²) < 4.78 is 0. The number of carbonyl (C=O) groups excluding carboxylic acids is 1. The molecule has 0 aliphatic rings. The van der Waals surface area contributed by atoms with Crippen molar-refractivity contribution in [2.24, 2.45) is 0 Å². The Kier molecular flexibility index (Phi) is 27.4. The molecule has 4 N–H and O–H groups in total. The second-order valence-corrected chi connectivity index (χ2v) is 11.1. The first-order valence-corrected chi connectivity index (χ1v) is 16.0. The fraction of sp³-hybridized carbons (Fsp3) is 0.906. The van der Waals surface area contributed by atoms with E-state index in [4.69, 9.17) is 0 Å². The Labute approximate surface area is 229 Å². The zero-order chi connectivity index (χ0) is 27.4. The van der Waals surface area contributed by atoms with Crippen molar-refractivity contribution in [2.75, 3.05) is 6.61 Å². The van der Waals surface area contributed by atoms with E-state index >= 15 is 0 Å². The number of nitrogens with one attached hydrogen (secondary N) is 1. The topological polar surface area (TPSA) is 89.8 Å². The first-order valence-electron chi connectivity index (χ1n) is 16.0. The summed E-state index contributed by atoms with van der Waals surface area (Å²) in [5.41, 5.74) is 0. The lowest BCUT2D eigenvalue weighted by atomic mass is 10.0. The minimum atomic E-state index is -0.920. The molecule has 0 aliphatic carbocycles. The molecule has 0 fully saturated rings. The summed E-state index contributed by atoms with van der Waals surface area (Å²) in [5.74, 6) is -0.319. The van der Waals surface area contributed by atoms with Crippen LogP contribution in [0.2, 0.25) is 0 Å². The van der Waals surface area contributed by atoms with E-state index in [0.29, 0.717) is 6.42 Å². The van der Waals surface area contributed by atoms with Crippen molar-refractivity contribution < 1.29 is 20.1 Å². The molecule has 5 heteroatoms. The fourth-order valence-corrected chi connectivity index (χ4v) is 4.81. The molecule has 1 amide bonds. The van der Waals surface area contributed by atoms with Crippen LogP contribution in [0.3, 0.4) is 0 Å². The van der Waals surface area contributed by atoms with Crippen LogP contribution in [-0.2, 0) is 4.79 Å². The maximum absolute atomic E-state index is 12.3. The number of hydrogen-bond donors (Lipinski definition) is 4. The van der Waals surface area contributed by atoms with Crippen molar-refractivity contribution in [2.45, 2.75) is 180 Å². The number of aliphatic hydroxyl groups is 3. The van der Waals surface area contributed by atoms with Crippen LogP contribution < -0.4 is 5.32 Å². The fourth-order valence-electron chi connectivity index (χ4n) is 4.81.